The molecular weight excluding hydrogens is 389 g/mol. The predicted octanol–water partition coefficient (Wildman–Crippen LogP) is 2.60. The van der Waals surface area contributed by atoms with Gasteiger partial charge in [0.2, 0.25) is 0 Å². The molecule has 10 heteroatoms. The molecule has 0 saturated heterocycles. The molecule has 0 radical (unpaired) electrons. The summed E-state index contributed by atoms with van der Waals surface area (Å²) in [6, 6.07) is 3.88. The number of benzene rings is 1. The van der Waals surface area contributed by atoms with Crippen LogP contribution in [0.3, 0.4) is 0 Å². The first-order chi connectivity index (χ1) is 12.5. The van der Waals surface area contributed by atoms with Crippen molar-refractivity contribution in [3.8, 4) is 0 Å². The van der Waals surface area contributed by atoms with Crippen LogP contribution in [0.5, 0.6) is 0 Å². The Bertz CT molecular complexity index is 862. The van der Waals surface area contributed by atoms with Crippen molar-refractivity contribution < 1.29 is 32.3 Å². The number of methoxy groups -OCH3 is 1. The Morgan fingerprint density at radius 1 is 1.30 bits per heavy atom. The molecule has 0 atom stereocenters. The third kappa shape index (κ3) is 4.94. The Kier molecular flexibility index (Phi) is 6.04. The maximum absolute atomic E-state index is 12.9. The van der Waals surface area contributed by atoms with Crippen LogP contribution in [0, 0.1) is 0 Å². The van der Waals surface area contributed by atoms with Crippen molar-refractivity contribution in [3.05, 3.63) is 46.2 Å². The number of hydrogen-bond acceptors (Lipinski definition) is 6. The zero-order valence-electron chi connectivity index (χ0n) is 14.3. The van der Waals surface area contributed by atoms with Gasteiger partial charge in [-0.2, -0.15) is 13.2 Å². The van der Waals surface area contributed by atoms with Crippen LogP contribution in [0.2, 0.25) is 5.02 Å². The van der Waals surface area contributed by atoms with Crippen molar-refractivity contribution in [2.24, 2.45) is 4.99 Å². The molecule has 6 nitrogen and oxygen atoms in total. The van der Waals surface area contributed by atoms with Crippen LogP contribution >= 0.6 is 11.6 Å². The van der Waals surface area contributed by atoms with Gasteiger partial charge in [-0.15, -0.1) is 0 Å². The molecule has 0 N–H and O–H groups in total. The third-order valence-electron chi connectivity index (χ3n) is 3.64. The smallest absolute Gasteiger partial charge is 0.431 e. The Balaban J connectivity index is 2.35. The molecule has 2 rings (SSSR count). The summed E-state index contributed by atoms with van der Waals surface area (Å²) in [5.41, 5.74) is -1.55. The second kappa shape index (κ2) is 7.91. The van der Waals surface area contributed by atoms with Gasteiger partial charge in [0.1, 0.15) is 11.4 Å². The van der Waals surface area contributed by atoms with Gasteiger partial charge in [0.05, 0.1) is 13.7 Å². The lowest BCUT2D eigenvalue weighted by Crippen LogP contribution is -2.36. The summed E-state index contributed by atoms with van der Waals surface area (Å²) < 4.78 is 43.1. The van der Waals surface area contributed by atoms with Crippen LogP contribution in [0.25, 0.3) is 0 Å². The highest BCUT2D eigenvalue weighted by atomic mass is 35.5. The summed E-state index contributed by atoms with van der Waals surface area (Å²) in [5, 5.41) is 0.188. The number of carbonyl (C=O) groups excluding carboxylic acids is 3. The highest BCUT2D eigenvalue weighted by Crippen LogP contribution is 2.24. The first-order valence-electron chi connectivity index (χ1n) is 7.54. The zero-order chi connectivity index (χ0) is 20.4. The molecule has 0 saturated carbocycles. The molecule has 0 unspecified atom stereocenters. The van der Waals surface area contributed by atoms with Gasteiger partial charge < -0.3 is 9.64 Å². The number of aliphatic imine (C=N–C) groups is 1. The standard InChI is InChI=1S/C17H14ClF3N2O4/c1-23-7-12(22-14(8-23)17(19,20)21)13(24)6-9-5-10(18)3-4-11(9)15(25)16(26)27-2/h3-5,7H,6,8H2,1-2H3. The monoisotopic (exact) mass is 402 g/mol. The number of ether oxygens (including phenoxy) is 1. The van der Waals surface area contributed by atoms with E-state index in [2.05, 4.69) is 9.73 Å². The van der Waals surface area contributed by atoms with Crippen LogP contribution in [0.4, 0.5) is 13.2 Å². The van der Waals surface area contributed by atoms with Crippen molar-refractivity contribution in [2.75, 3.05) is 20.7 Å². The molecule has 0 aliphatic carbocycles. The van der Waals surface area contributed by atoms with Crippen molar-refractivity contribution in [2.45, 2.75) is 12.6 Å². The quantitative estimate of drug-likeness (QED) is 0.430. The van der Waals surface area contributed by atoms with E-state index in [1.165, 1.54) is 36.3 Å². The van der Waals surface area contributed by atoms with E-state index < -0.39 is 48.1 Å². The van der Waals surface area contributed by atoms with Gasteiger partial charge in [-0.3, -0.25) is 9.59 Å². The van der Waals surface area contributed by atoms with Gasteiger partial charge >= 0.3 is 12.1 Å². The van der Waals surface area contributed by atoms with Crippen LogP contribution in [-0.4, -0.2) is 55.0 Å². The number of halogens is 4. The molecule has 144 valence electrons. The average molecular weight is 403 g/mol. The highest BCUT2D eigenvalue weighted by Gasteiger charge is 2.38. The second-order valence-electron chi connectivity index (χ2n) is 5.71. The van der Waals surface area contributed by atoms with E-state index in [1.54, 1.807) is 0 Å². The fourth-order valence-electron chi connectivity index (χ4n) is 2.38. The number of allylic oxidation sites excluding steroid dienone is 1. The van der Waals surface area contributed by atoms with Crippen molar-refractivity contribution in [1.29, 1.82) is 0 Å². The van der Waals surface area contributed by atoms with E-state index >= 15 is 0 Å². The number of carbonyl (C=O) groups is 3. The first-order valence-corrected chi connectivity index (χ1v) is 7.91. The molecule has 1 heterocycles. The first kappa shape index (κ1) is 20.6. The number of ketones is 2. The van der Waals surface area contributed by atoms with Gasteiger partial charge in [0.25, 0.3) is 5.78 Å². The summed E-state index contributed by atoms with van der Waals surface area (Å²) in [4.78, 5) is 40.6. The van der Waals surface area contributed by atoms with E-state index in [0.717, 1.165) is 7.11 Å². The molecule has 0 amide bonds. The molecule has 0 spiro atoms. The maximum Gasteiger partial charge on any atom is 0.431 e. The summed E-state index contributed by atoms with van der Waals surface area (Å²) in [6.07, 6.45) is -3.95. The molecule has 0 aromatic heterocycles. The van der Waals surface area contributed by atoms with Crippen molar-refractivity contribution in [3.63, 3.8) is 0 Å². The van der Waals surface area contributed by atoms with Gasteiger partial charge in [-0.1, -0.05) is 11.6 Å². The third-order valence-corrected chi connectivity index (χ3v) is 3.88. The van der Waals surface area contributed by atoms with E-state index in [4.69, 9.17) is 11.6 Å². The molecule has 1 aliphatic rings. The number of rotatable bonds is 5. The maximum atomic E-state index is 12.9. The Morgan fingerprint density at radius 2 is 1.96 bits per heavy atom. The van der Waals surface area contributed by atoms with Crippen molar-refractivity contribution in [1.82, 2.24) is 4.90 Å². The topological polar surface area (TPSA) is 76.0 Å². The minimum Gasteiger partial charge on any atom is -0.463 e. The van der Waals surface area contributed by atoms with E-state index in [1.807, 2.05) is 0 Å². The molecule has 1 aromatic carbocycles. The summed E-state index contributed by atoms with van der Waals surface area (Å²) in [6.45, 7) is -0.483. The molecule has 27 heavy (non-hydrogen) atoms. The van der Waals surface area contributed by atoms with E-state index in [0.29, 0.717) is 0 Å². The van der Waals surface area contributed by atoms with E-state index in [9.17, 15) is 27.6 Å². The van der Waals surface area contributed by atoms with Gasteiger partial charge in [-0.25, -0.2) is 9.79 Å². The predicted molar refractivity (Wildman–Crippen MR) is 90.7 cm³/mol. The normalized spacial score (nSPS) is 14.4. The van der Waals surface area contributed by atoms with Crippen molar-refractivity contribution >= 4 is 34.8 Å². The van der Waals surface area contributed by atoms with Crippen LogP contribution in [0.15, 0.2) is 35.1 Å². The molecule has 1 aliphatic heterocycles. The Morgan fingerprint density at radius 3 is 2.56 bits per heavy atom. The van der Waals surface area contributed by atoms with Gasteiger partial charge in [-0.05, 0) is 23.8 Å². The lowest BCUT2D eigenvalue weighted by Gasteiger charge is -2.23. The Labute approximate surface area is 157 Å². The average Bonchev–Trinajstić information content (AvgIpc) is 2.59. The Hall–Kier alpha value is -2.68. The largest absolute Gasteiger partial charge is 0.463 e. The van der Waals surface area contributed by atoms with Crippen LogP contribution in [-0.2, 0) is 20.7 Å². The molecule has 1 aromatic rings. The SMILES string of the molecule is COC(=O)C(=O)c1ccc(Cl)cc1CC(=O)C1=CN(C)CC(C(F)(F)F)=N1. The molecule has 0 bridgehead atoms. The number of esters is 1. The number of hydrogen-bond donors (Lipinski definition) is 0. The fraction of sp³-hybridized carbons (Fsp3) is 0.294. The van der Waals surface area contributed by atoms with Gasteiger partial charge in [0.15, 0.2) is 5.78 Å². The number of Topliss-reactive ketones (excluding diaryl/α,β-unsaturated/α-hetero) is 2. The second-order valence-corrected chi connectivity index (χ2v) is 6.14. The lowest BCUT2D eigenvalue weighted by molar-refractivity contribution is -0.135. The molecular formula is C17H14ClF3N2O4. The summed E-state index contributed by atoms with van der Waals surface area (Å²) >= 11 is 5.87. The van der Waals surface area contributed by atoms with Gasteiger partial charge in [0, 0.05) is 30.3 Å². The van der Waals surface area contributed by atoms with E-state index in [-0.39, 0.29) is 16.1 Å². The zero-order valence-corrected chi connectivity index (χ0v) is 15.0. The van der Waals surface area contributed by atoms with Crippen LogP contribution in [0.1, 0.15) is 15.9 Å². The number of nitrogens with zero attached hydrogens (tertiary/aromatic N) is 2. The minimum absolute atomic E-state index is 0.0841. The fourth-order valence-corrected chi connectivity index (χ4v) is 2.58. The van der Waals surface area contributed by atoms with Crippen LogP contribution < -0.4 is 0 Å². The lowest BCUT2D eigenvalue weighted by atomic mass is 9.98. The summed E-state index contributed by atoms with van der Waals surface area (Å²) in [5.74, 6) is -2.89. The highest BCUT2D eigenvalue weighted by molar-refractivity contribution is 6.41. The molecule has 0 fully saturated rings. The number of alkyl halides is 3. The summed E-state index contributed by atoms with van der Waals surface area (Å²) in [7, 11) is 2.40. The minimum atomic E-state index is -4.67.